The molecular weight excluding hydrogens is 300 g/mol. The molecule has 0 bridgehead atoms. The van der Waals surface area contributed by atoms with Crippen LogP contribution >= 0.6 is 27.7 Å². The van der Waals surface area contributed by atoms with E-state index in [0.717, 1.165) is 20.0 Å². The molecule has 3 nitrogen and oxygen atoms in total. The lowest BCUT2D eigenvalue weighted by molar-refractivity contribution is 0.198. The van der Waals surface area contributed by atoms with Gasteiger partial charge in [0.2, 0.25) is 0 Å². The van der Waals surface area contributed by atoms with Crippen LogP contribution in [0.25, 0.3) is 0 Å². The highest BCUT2D eigenvalue weighted by atomic mass is 79.9. The summed E-state index contributed by atoms with van der Waals surface area (Å²) in [5, 5.41) is 10.4. The van der Waals surface area contributed by atoms with Gasteiger partial charge in [-0.3, -0.25) is 4.98 Å². The molecule has 0 aliphatic heterocycles. The van der Waals surface area contributed by atoms with E-state index in [4.69, 9.17) is 0 Å². The van der Waals surface area contributed by atoms with Crippen molar-refractivity contribution < 1.29 is 5.11 Å². The number of nitrogens with zero attached hydrogens (tertiary/aromatic N) is 2. The van der Waals surface area contributed by atoms with Crippen LogP contribution < -0.4 is 0 Å². The Kier molecular flexibility index (Phi) is 4.15. The predicted octanol–water partition coefficient (Wildman–Crippen LogP) is 3.44. The summed E-state index contributed by atoms with van der Waals surface area (Å²) in [7, 11) is 0. The molecule has 0 saturated heterocycles. The smallest absolute Gasteiger partial charge is 0.119 e. The van der Waals surface area contributed by atoms with Gasteiger partial charge in [0.05, 0.1) is 12.3 Å². The minimum atomic E-state index is -0.472. The summed E-state index contributed by atoms with van der Waals surface area (Å²) >= 11 is 4.99. The number of hydrogen-bond donors (Lipinski definition) is 1. The van der Waals surface area contributed by atoms with Crippen molar-refractivity contribution in [1.29, 1.82) is 0 Å². The Balaban J connectivity index is 2.21. The van der Waals surface area contributed by atoms with E-state index in [9.17, 15) is 5.11 Å². The molecule has 1 atom stereocenters. The summed E-state index contributed by atoms with van der Waals surface area (Å²) in [4.78, 5) is 9.27. The highest BCUT2D eigenvalue weighted by Crippen LogP contribution is 2.31. The molecule has 0 aliphatic rings. The molecule has 0 saturated carbocycles. The zero-order valence-electron chi connectivity index (χ0n) is 9.17. The van der Waals surface area contributed by atoms with Crippen molar-refractivity contribution in [2.75, 3.05) is 0 Å². The fourth-order valence-corrected chi connectivity index (χ4v) is 3.01. The molecule has 88 valence electrons. The number of hydrogen-bond acceptors (Lipinski definition) is 4. The number of halogens is 1. The second-order valence-electron chi connectivity index (χ2n) is 3.51. The standard InChI is InChI=1S/C12H11BrN2OS/c1-8(16)10-3-2-9(6-11(10)13)17-12-7-14-4-5-15-12/h2-8,16H,1H3/t8-/m1/s1. The van der Waals surface area contributed by atoms with E-state index in [1.165, 1.54) is 11.8 Å². The molecule has 1 N–H and O–H groups in total. The van der Waals surface area contributed by atoms with Crippen molar-refractivity contribution in [3.63, 3.8) is 0 Å². The Morgan fingerprint density at radius 2 is 2.18 bits per heavy atom. The Labute approximate surface area is 112 Å². The highest BCUT2D eigenvalue weighted by molar-refractivity contribution is 9.10. The molecule has 0 spiro atoms. The highest BCUT2D eigenvalue weighted by Gasteiger charge is 2.07. The molecule has 17 heavy (non-hydrogen) atoms. The first-order chi connectivity index (χ1) is 8.16. The first kappa shape index (κ1) is 12.5. The number of aliphatic hydroxyl groups excluding tert-OH is 1. The largest absolute Gasteiger partial charge is 0.389 e. The molecule has 5 heteroatoms. The van der Waals surface area contributed by atoms with Gasteiger partial charge in [0.15, 0.2) is 0 Å². The van der Waals surface area contributed by atoms with Gasteiger partial charge in [0, 0.05) is 21.8 Å². The van der Waals surface area contributed by atoms with E-state index in [1.807, 2.05) is 18.2 Å². The van der Waals surface area contributed by atoms with E-state index in [-0.39, 0.29) is 0 Å². The molecule has 2 aromatic rings. The summed E-state index contributed by atoms with van der Waals surface area (Å²) in [6.45, 7) is 1.75. The minimum absolute atomic E-state index is 0.472. The van der Waals surface area contributed by atoms with Crippen molar-refractivity contribution in [3.05, 3.63) is 46.8 Å². The van der Waals surface area contributed by atoms with Crippen LogP contribution in [0.4, 0.5) is 0 Å². The van der Waals surface area contributed by atoms with Crippen molar-refractivity contribution in [1.82, 2.24) is 9.97 Å². The molecule has 1 aromatic heterocycles. The maximum Gasteiger partial charge on any atom is 0.119 e. The molecule has 0 radical (unpaired) electrons. The van der Waals surface area contributed by atoms with Crippen molar-refractivity contribution >= 4 is 27.7 Å². The van der Waals surface area contributed by atoms with E-state index in [2.05, 4.69) is 25.9 Å². The number of aliphatic hydroxyl groups is 1. The lowest BCUT2D eigenvalue weighted by atomic mass is 10.1. The Morgan fingerprint density at radius 1 is 1.35 bits per heavy atom. The molecule has 1 heterocycles. The SMILES string of the molecule is C[C@@H](O)c1ccc(Sc2cnccn2)cc1Br. The Bertz CT molecular complexity index is 505. The first-order valence-electron chi connectivity index (χ1n) is 5.08. The van der Waals surface area contributed by atoms with Crippen LogP contribution in [0.1, 0.15) is 18.6 Å². The third kappa shape index (κ3) is 3.28. The van der Waals surface area contributed by atoms with Crippen LogP contribution in [0, 0.1) is 0 Å². The summed E-state index contributed by atoms with van der Waals surface area (Å²) < 4.78 is 0.904. The topological polar surface area (TPSA) is 46.0 Å². The zero-order valence-corrected chi connectivity index (χ0v) is 11.6. The van der Waals surface area contributed by atoms with Gasteiger partial charge in [-0.15, -0.1) is 0 Å². The second-order valence-corrected chi connectivity index (χ2v) is 5.45. The molecular formula is C12H11BrN2OS. The van der Waals surface area contributed by atoms with Crippen LogP contribution in [0.2, 0.25) is 0 Å². The second kappa shape index (κ2) is 5.62. The maximum atomic E-state index is 9.53. The van der Waals surface area contributed by atoms with Crippen molar-refractivity contribution in [3.8, 4) is 0 Å². The Hall–Kier alpha value is -0.910. The van der Waals surface area contributed by atoms with Crippen molar-refractivity contribution in [2.24, 2.45) is 0 Å². The number of rotatable bonds is 3. The fourth-order valence-electron chi connectivity index (χ4n) is 1.37. The van der Waals surface area contributed by atoms with Gasteiger partial charge in [0.25, 0.3) is 0 Å². The summed E-state index contributed by atoms with van der Waals surface area (Å²) in [5.74, 6) is 0. The van der Waals surface area contributed by atoms with Gasteiger partial charge in [-0.2, -0.15) is 0 Å². The van der Waals surface area contributed by atoms with E-state index < -0.39 is 6.10 Å². The van der Waals surface area contributed by atoms with Gasteiger partial charge >= 0.3 is 0 Å². The zero-order chi connectivity index (χ0) is 12.3. The van der Waals surface area contributed by atoms with Crippen LogP contribution in [0.15, 0.2) is 51.2 Å². The van der Waals surface area contributed by atoms with Crippen LogP contribution in [0.3, 0.4) is 0 Å². The monoisotopic (exact) mass is 310 g/mol. The van der Waals surface area contributed by atoms with Gasteiger partial charge in [-0.05, 0) is 24.6 Å². The third-order valence-corrected chi connectivity index (χ3v) is 3.78. The van der Waals surface area contributed by atoms with E-state index in [1.54, 1.807) is 25.5 Å². The summed E-state index contributed by atoms with van der Waals surface area (Å²) in [5.41, 5.74) is 0.883. The third-order valence-electron chi connectivity index (χ3n) is 2.18. The number of aromatic nitrogens is 2. The molecule has 0 fully saturated rings. The minimum Gasteiger partial charge on any atom is -0.389 e. The predicted molar refractivity (Wildman–Crippen MR) is 70.9 cm³/mol. The molecule has 0 unspecified atom stereocenters. The quantitative estimate of drug-likeness (QED) is 0.943. The van der Waals surface area contributed by atoms with Crippen LogP contribution in [0.5, 0.6) is 0 Å². The van der Waals surface area contributed by atoms with Gasteiger partial charge < -0.3 is 5.11 Å². The molecule has 0 amide bonds. The normalized spacial score (nSPS) is 12.4. The summed E-state index contributed by atoms with van der Waals surface area (Å²) in [6.07, 6.45) is 4.57. The Morgan fingerprint density at radius 3 is 2.76 bits per heavy atom. The van der Waals surface area contributed by atoms with E-state index in [0.29, 0.717) is 0 Å². The van der Waals surface area contributed by atoms with Gasteiger partial charge in [-0.25, -0.2) is 4.98 Å². The van der Waals surface area contributed by atoms with Crippen LogP contribution in [-0.4, -0.2) is 15.1 Å². The molecule has 1 aromatic carbocycles. The average molecular weight is 311 g/mol. The van der Waals surface area contributed by atoms with Gasteiger partial charge in [-0.1, -0.05) is 33.8 Å². The van der Waals surface area contributed by atoms with E-state index >= 15 is 0 Å². The lowest BCUT2D eigenvalue weighted by Crippen LogP contribution is -1.92. The fraction of sp³-hybridized carbons (Fsp3) is 0.167. The first-order valence-corrected chi connectivity index (χ1v) is 6.69. The lowest BCUT2D eigenvalue weighted by Gasteiger charge is -2.09. The maximum absolute atomic E-state index is 9.53. The molecule has 0 aliphatic carbocycles. The van der Waals surface area contributed by atoms with Gasteiger partial charge in [0.1, 0.15) is 5.03 Å². The molecule has 2 rings (SSSR count). The van der Waals surface area contributed by atoms with Crippen molar-refractivity contribution in [2.45, 2.75) is 22.9 Å². The average Bonchev–Trinajstić information content (AvgIpc) is 2.30. The summed E-state index contributed by atoms with van der Waals surface area (Å²) in [6, 6.07) is 5.85. The van der Waals surface area contributed by atoms with Crippen LogP contribution in [-0.2, 0) is 0 Å². The number of benzene rings is 1.